The van der Waals surface area contributed by atoms with E-state index in [0.717, 1.165) is 50.4 Å². The third-order valence-electron chi connectivity index (χ3n) is 11.8. The molecule has 0 aromatic rings. The number of carbonyl (C=O) groups is 3. The lowest BCUT2D eigenvalue weighted by molar-refractivity contribution is -0.163. The Balaban J connectivity index is 1.20. The molecule has 0 aromatic heterocycles. The highest BCUT2D eigenvalue weighted by Gasteiger charge is 2.64. The first kappa shape index (κ1) is 28.5. The highest BCUT2D eigenvalue weighted by Crippen LogP contribution is 2.69. The van der Waals surface area contributed by atoms with E-state index in [0.29, 0.717) is 41.3 Å². The number of unbranched alkanes of at least 4 members (excludes halogenated alkanes) is 1. The normalized spacial score (nSPS) is 40.6. The van der Waals surface area contributed by atoms with Gasteiger partial charge in [0.25, 0.3) is 0 Å². The summed E-state index contributed by atoms with van der Waals surface area (Å²) >= 11 is 0. The summed E-state index contributed by atoms with van der Waals surface area (Å²) in [5.41, 5.74) is 2.07. The molecule has 9 atom stereocenters. The number of rotatable bonds is 9. The Morgan fingerprint density at radius 3 is 2.49 bits per heavy atom. The predicted octanol–water partition coefficient (Wildman–Crippen LogP) is 6.44. The molecule has 1 N–H and O–H groups in total. The molecule has 0 saturated heterocycles. The molecule has 218 valence electrons. The van der Waals surface area contributed by atoms with Crippen LogP contribution in [0.25, 0.3) is 0 Å². The van der Waals surface area contributed by atoms with E-state index in [4.69, 9.17) is 19.3 Å². The molecule has 0 spiro atoms. The standard InChI is InChI=1S/C32H48O7/c1-19-26(7-5-6-16-37-20(2)33)39-27-18-25-23-9-8-21-17-22(38-29(36)11-10-28(34)35)12-14-31(21,3)24(23)13-15-32(25,4)30(19)27/h21-25,27,30H,5-18H2,1-4H3,(H,34,35)/t21-,22-,23-,24+,25-,27+,30-,31-,32-/m0/s1. The second-order valence-electron chi connectivity index (χ2n) is 13.8. The summed E-state index contributed by atoms with van der Waals surface area (Å²) in [7, 11) is 0. The lowest BCUT2D eigenvalue weighted by Crippen LogP contribution is -2.54. The number of esters is 2. The summed E-state index contributed by atoms with van der Waals surface area (Å²) in [6.07, 6.45) is 12.0. The van der Waals surface area contributed by atoms with E-state index in [1.165, 1.54) is 50.4 Å². The number of allylic oxidation sites excluding steroid dienone is 1. The van der Waals surface area contributed by atoms with Gasteiger partial charge in [-0.3, -0.25) is 14.4 Å². The van der Waals surface area contributed by atoms with Gasteiger partial charge in [-0.15, -0.1) is 0 Å². The van der Waals surface area contributed by atoms with Crippen molar-refractivity contribution in [3.63, 3.8) is 0 Å². The van der Waals surface area contributed by atoms with Gasteiger partial charge in [0.05, 0.1) is 25.2 Å². The van der Waals surface area contributed by atoms with E-state index in [-0.39, 0.29) is 30.9 Å². The van der Waals surface area contributed by atoms with Gasteiger partial charge in [0.1, 0.15) is 12.2 Å². The van der Waals surface area contributed by atoms with E-state index < -0.39 is 5.97 Å². The number of carbonyl (C=O) groups excluding carboxylic acids is 2. The van der Waals surface area contributed by atoms with Gasteiger partial charge in [-0.1, -0.05) is 13.8 Å². The SMILES string of the molecule is CC(=O)OCCCCC1=C(C)[C@H]2[C@@H](C[C@H]3[C@H]4CC[C@H]5C[C@@H](OC(=O)CCC(=O)O)CC[C@]5(C)[C@@H]4CC[C@@]32C)O1. The zero-order chi connectivity index (χ0) is 27.9. The van der Waals surface area contributed by atoms with Crippen molar-refractivity contribution in [2.24, 2.45) is 40.4 Å². The summed E-state index contributed by atoms with van der Waals surface area (Å²) < 4.78 is 17.5. The van der Waals surface area contributed by atoms with Crippen molar-refractivity contribution in [3.8, 4) is 0 Å². The van der Waals surface area contributed by atoms with E-state index in [1.807, 2.05) is 0 Å². The monoisotopic (exact) mass is 544 g/mol. The molecule has 39 heavy (non-hydrogen) atoms. The number of carboxylic acids is 1. The van der Waals surface area contributed by atoms with Crippen molar-refractivity contribution in [2.45, 2.75) is 123 Å². The van der Waals surface area contributed by atoms with Gasteiger partial charge in [0.2, 0.25) is 0 Å². The molecular weight excluding hydrogens is 496 g/mol. The molecule has 4 fully saturated rings. The quantitative estimate of drug-likeness (QED) is 0.263. The second kappa shape index (κ2) is 11.1. The third-order valence-corrected chi connectivity index (χ3v) is 11.8. The maximum Gasteiger partial charge on any atom is 0.306 e. The zero-order valence-corrected chi connectivity index (χ0v) is 24.3. The molecule has 0 aromatic carbocycles. The number of carboxylic acid groups (broad SMARTS) is 1. The van der Waals surface area contributed by atoms with Crippen molar-refractivity contribution >= 4 is 17.9 Å². The van der Waals surface area contributed by atoms with E-state index in [1.54, 1.807) is 0 Å². The van der Waals surface area contributed by atoms with Crippen LogP contribution in [0.4, 0.5) is 0 Å². The lowest BCUT2D eigenvalue weighted by atomic mass is 9.44. The van der Waals surface area contributed by atoms with Gasteiger partial charge in [0.15, 0.2) is 0 Å². The van der Waals surface area contributed by atoms with Crippen molar-refractivity contribution in [1.29, 1.82) is 0 Å². The highest BCUT2D eigenvalue weighted by molar-refractivity contribution is 5.76. The maximum absolute atomic E-state index is 12.2. The van der Waals surface area contributed by atoms with Crippen LogP contribution in [0.2, 0.25) is 0 Å². The fourth-order valence-electron chi connectivity index (χ4n) is 9.97. The van der Waals surface area contributed by atoms with Crippen LogP contribution in [-0.2, 0) is 28.6 Å². The Bertz CT molecular complexity index is 1000. The Hall–Kier alpha value is -2.05. The Morgan fingerprint density at radius 1 is 0.974 bits per heavy atom. The van der Waals surface area contributed by atoms with Crippen LogP contribution in [0.1, 0.15) is 111 Å². The fraction of sp³-hybridized carbons (Fsp3) is 0.844. The van der Waals surface area contributed by atoms with Gasteiger partial charge in [-0.25, -0.2) is 0 Å². The molecule has 1 heterocycles. The second-order valence-corrected chi connectivity index (χ2v) is 13.8. The number of aliphatic carboxylic acids is 1. The first-order valence-corrected chi connectivity index (χ1v) is 15.4. The van der Waals surface area contributed by atoms with E-state index in [2.05, 4.69) is 20.8 Å². The summed E-state index contributed by atoms with van der Waals surface area (Å²) in [6.45, 7) is 9.33. The van der Waals surface area contributed by atoms with Crippen molar-refractivity contribution in [2.75, 3.05) is 6.61 Å². The predicted molar refractivity (Wildman–Crippen MR) is 145 cm³/mol. The molecule has 7 heteroatoms. The minimum atomic E-state index is -0.953. The minimum Gasteiger partial charge on any atom is -0.494 e. The van der Waals surface area contributed by atoms with Crippen LogP contribution in [0.3, 0.4) is 0 Å². The van der Waals surface area contributed by atoms with Crippen LogP contribution in [0.5, 0.6) is 0 Å². The van der Waals surface area contributed by atoms with Gasteiger partial charge >= 0.3 is 17.9 Å². The lowest BCUT2D eigenvalue weighted by Gasteiger charge is -2.61. The smallest absolute Gasteiger partial charge is 0.306 e. The summed E-state index contributed by atoms with van der Waals surface area (Å²) in [5, 5.41) is 8.87. The third kappa shape index (κ3) is 5.36. The average molecular weight is 545 g/mol. The molecule has 7 nitrogen and oxygen atoms in total. The van der Waals surface area contributed by atoms with Crippen LogP contribution >= 0.6 is 0 Å². The largest absolute Gasteiger partial charge is 0.494 e. The molecule has 1 aliphatic heterocycles. The number of ether oxygens (including phenoxy) is 3. The van der Waals surface area contributed by atoms with Gasteiger partial charge in [0, 0.05) is 19.3 Å². The van der Waals surface area contributed by atoms with Crippen molar-refractivity contribution < 1.29 is 33.7 Å². The topological polar surface area (TPSA) is 99.1 Å². The van der Waals surface area contributed by atoms with E-state index in [9.17, 15) is 14.4 Å². The van der Waals surface area contributed by atoms with Crippen LogP contribution < -0.4 is 0 Å². The van der Waals surface area contributed by atoms with Crippen LogP contribution in [0, 0.1) is 40.4 Å². The first-order valence-electron chi connectivity index (χ1n) is 15.4. The minimum absolute atomic E-state index is 0.0347. The molecule has 5 aliphatic rings. The zero-order valence-electron chi connectivity index (χ0n) is 24.3. The molecule has 4 saturated carbocycles. The summed E-state index contributed by atoms with van der Waals surface area (Å²) in [4.78, 5) is 34.0. The van der Waals surface area contributed by atoms with Crippen molar-refractivity contribution in [1.82, 2.24) is 0 Å². The molecule has 0 unspecified atom stereocenters. The van der Waals surface area contributed by atoms with Crippen LogP contribution in [-0.4, -0.2) is 41.8 Å². The molecule has 0 radical (unpaired) electrons. The Kier molecular flexibility index (Phi) is 8.09. The maximum atomic E-state index is 12.2. The molecule has 0 bridgehead atoms. The average Bonchev–Trinajstić information content (AvgIpc) is 3.35. The molecule has 4 aliphatic carbocycles. The Morgan fingerprint density at radius 2 is 1.74 bits per heavy atom. The number of hydrogen-bond donors (Lipinski definition) is 1. The number of hydrogen-bond acceptors (Lipinski definition) is 6. The van der Waals surface area contributed by atoms with Gasteiger partial charge in [-0.05, 0) is 111 Å². The van der Waals surface area contributed by atoms with Crippen LogP contribution in [0.15, 0.2) is 11.3 Å². The Labute approximate surface area is 233 Å². The molecule has 0 amide bonds. The van der Waals surface area contributed by atoms with E-state index >= 15 is 0 Å². The summed E-state index contributed by atoms with van der Waals surface area (Å²) in [6, 6.07) is 0. The first-order chi connectivity index (χ1) is 18.5. The van der Waals surface area contributed by atoms with Gasteiger partial charge in [-0.2, -0.15) is 0 Å². The van der Waals surface area contributed by atoms with Crippen molar-refractivity contribution in [3.05, 3.63) is 11.3 Å². The molecule has 5 rings (SSSR count). The molecular formula is C32H48O7. The fourth-order valence-corrected chi connectivity index (χ4v) is 9.97. The van der Waals surface area contributed by atoms with Gasteiger partial charge < -0.3 is 19.3 Å². The summed E-state index contributed by atoms with van der Waals surface area (Å²) in [5.74, 6) is 2.94. The highest BCUT2D eigenvalue weighted by atomic mass is 16.5. The number of fused-ring (bicyclic) bond motifs is 7.